The van der Waals surface area contributed by atoms with Gasteiger partial charge in [0.2, 0.25) is 0 Å². The number of carboxylic acids is 1. The summed E-state index contributed by atoms with van der Waals surface area (Å²) in [5.41, 5.74) is 0.515. The van der Waals surface area contributed by atoms with Crippen LogP contribution in [0.3, 0.4) is 0 Å². The number of anilines is 2. The predicted molar refractivity (Wildman–Crippen MR) is 106 cm³/mol. The molecule has 2 N–H and O–H groups in total. The fourth-order valence-corrected chi connectivity index (χ4v) is 3.52. The standard InChI is InChI=1S/C21H17F3N4O3/c22-21(23,24)13-5-8-15-16(10-13)27-18(11-25-15)26-14-6-3-12(4-7-14)19(29)28-9-1-2-17(28)20(30)31/h3-8,10-11,17H,1-2,9H2,(H,26,27)(H,30,31). The van der Waals surface area contributed by atoms with Gasteiger partial charge in [0.15, 0.2) is 0 Å². The minimum atomic E-state index is -4.48. The molecule has 0 bridgehead atoms. The van der Waals surface area contributed by atoms with Gasteiger partial charge < -0.3 is 15.3 Å². The van der Waals surface area contributed by atoms with Gasteiger partial charge in [-0.05, 0) is 55.3 Å². The Kier molecular flexibility index (Phi) is 5.22. The van der Waals surface area contributed by atoms with E-state index in [1.54, 1.807) is 24.3 Å². The van der Waals surface area contributed by atoms with Crippen molar-refractivity contribution < 1.29 is 27.9 Å². The lowest BCUT2D eigenvalue weighted by molar-refractivity contribution is -0.141. The minimum Gasteiger partial charge on any atom is -0.480 e. The van der Waals surface area contributed by atoms with Crippen molar-refractivity contribution in [3.05, 3.63) is 59.8 Å². The zero-order valence-electron chi connectivity index (χ0n) is 16.1. The van der Waals surface area contributed by atoms with E-state index < -0.39 is 23.8 Å². The third-order valence-electron chi connectivity index (χ3n) is 5.07. The van der Waals surface area contributed by atoms with Crippen molar-refractivity contribution in [2.75, 3.05) is 11.9 Å². The smallest absolute Gasteiger partial charge is 0.416 e. The molecule has 4 rings (SSSR count). The molecule has 2 heterocycles. The van der Waals surface area contributed by atoms with Crippen LogP contribution in [0.15, 0.2) is 48.7 Å². The van der Waals surface area contributed by atoms with Crippen molar-refractivity contribution in [1.29, 1.82) is 0 Å². The molecule has 160 valence electrons. The molecule has 10 heteroatoms. The number of amides is 1. The number of carboxylic acid groups (broad SMARTS) is 1. The molecule has 0 radical (unpaired) electrons. The van der Waals surface area contributed by atoms with E-state index in [0.717, 1.165) is 12.1 Å². The molecule has 3 aromatic rings. The molecule has 1 aliphatic rings. The third-order valence-corrected chi connectivity index (χ3v) is 5.07. The zero-order valence-corrected chi connectivity index (χ0v) is 16.1. The number of nitrogens with one attached hydrogen (secondary N) is 1. The topological polar surface area (TPSA) is 95.4 Å². The van der Waals surface area contributed by atoms with Gasteiger partial charge in [-0.25, -0.2) is 9.78 Å². The molecule has 1 aliphatic heterocycles. The Labute approximate surface area is 174 Å². The van der Waals surface area contributed by atoms with Gasteiger partial charge in [-0.1, -0.05) is 0 Å². The second kappa shape index (κ2) is 7.86. The van der Waals surface area contributed by atoms with E-state index in [1.807, 2.05) is 0 Å². The van der Waals surface area contributed by atoms with Crippen molar-refractivity contribution in [2.45, 2.75) is 25.1 Å². The number of carbonyl (C=O) groups excluding carboxylic acids is 1. The molecule has 0 spiro atoms. The van der Waals surface area contributed by atoms with Crippen LogP contribution in [-0.4, -0.2) is 44.4 Å². The number of nitrogens with zero attached hydrogens (tertiary/aromatic N) is 3. The average Bonchev–Trinajstić information content (AvgIpc) is 3.23. The Morgan fingerprint density at radius 3 is 2.52 bits per heavy atom. The number of hydrogen-bond acceptors (Lipinski definition) is 5. The van der Waals surface area contributed by atoms with Crippen molar-refractivity contribution >= 4 is 34.4 Å². The molecule has 1 atom stereocenters. The number of aliphatic carboxylic acids is 1. The summed E-state index contributed by atoms with van der Waals surface area (Å²) < 4.78 is 38.8. The highest BCUT2D eigenvalue weighted by Crippen LogP contribution is 2.31. The largest absolute Gasteiger partial charge is 0.480 e. The van der Waals surface area contributed by atoms with Crippen LogP contribution in [0.4, 0.5) is 24.7 Å². The molecule has 1 aromatic heterocycles. The molecule has 1 unspecified atom stereocenters. The highest BCUT2D eigenvalue weighted by molar-refractivity contribution is 5.97. The van der Waals surface area contributed by atoms with E-state index in [0.29, 0.717) is 36.2 Å². The Bertz CT molecular complexity index is 1150. The number of halogens is 3. The predicted octanol–water partition coefficient (Wildman–Crippen LogP) is 4.08. The van der Waals surface area contributed by atoms with E-state index in [9.17, 15) is 27.9 Å². The van der Waals surface area contributed by atoms with Gasteiger partial charge in [0, 0.05) is 17.8 Å². The van der Waals surface area contributed by atoms with Crippen LogP contribution in [0.1, 0.15) is 28.8 Å². The third kappa shape index (κ3) is 4.27. The maximum absolute atomic E-state index is 12.9. The normalized spacial score (nSPS) is 16.5. The lowest BCUT2D eigenvalue weighted by atomic mass is 10.1. The number of likely N-dealkylation sites (tertiary alicyclic amines) is 1. The van der Waals surface area contributed by atoms with Crippen molar-refractivity contribution in [2.24, 2.45) is 0 Å². The highest BCUT2D eigenvalue weighted by atomic mass is 19.4. The Balaban J connectivity index is 1.51. The summed E-state index contributed by atoms with van der Waals surface area (Å²) in [4.78, 5) is 33.6. The van der Waals surface area contributed by atoms with E-state index in [2.05, 4.69) is 15.3 Å². The van der Waals surface area contributed by atoms with E-state index in [4.69, 9.17) is 0 Å². The number of alkyl halides is 3. The summed E-state index contributed by atoms with van der Waals surface area (Å²) in [6.45, 7) is 0.391. The van der Waals surface area contributed by atoms with Gasteiger partial charge in [0.05, 0.1) is 22.8 Å². The van der Waals surface area contributed by atoms with Crippen LogP contribution < -0.4 is 5.32 Å². The first kappa shape index (κ1) is 20.6. The van der Waals surface area contributed by atoms with Crippen LogP contribution >= 0.6 is 0 Å². The Morgan fingerprint density at radius 1 is 1.10 bits per heavy atom. The van der Waals surface area contributed by atoms with E-state index >= 15 is 0 Å². The van der Waals surface area contributed by atoms with Gasteiger partial charge in [-0.3, -0.25) is 9.78 Å². The average molecular weight is 430 g/mol. The summed E-state index contributed by atoms with van der Waals surface area (Å²) in [6, 6.07) is 8.65. The lowest BCUT2D eigenvalue weighted by Gasteiger charge is -2.21. The van der Waals surface area contributed by atoms with E-state index in [-0.39, 0.29) is 17.2 Å². The highest BCUT2D eigenvalue weighted by Gasteiger charge is 2.34. The molecule has 31 heavy (non-hydrogen) atoms. The monoisotopic (exact) mass is 430 g/mol. The number of benzene rings is 2. The summed E-state index contributed by atoms with van der Waals surface area (Å²) in [7, 11) is 0. The molecular formula is C21H17F3N4O3. The quantitative estimate of drug-likeness (QED) is 0.648. The molecule has 0 aliphatic carbocycles. The molecule has 1 amide bonds. The lowest BCUT2D eigenvalue weighted by Crippen LogP contribution is -2.40. The van der Waals surface area contributed by atoms with Gasteiger partial charge in [0.25, 0.3) is 5.91 Å². The number of hydrogen-bond donors (Lipinski definition) is 2. The Morgan fingerprint density at radius 2 is 1.84 bits per heavy atom. The summed E-state index contributed by atoms with van der Waals surface area (Å²) in [5, 5.41) is 12.2. The number of rotatable bonds is 4. The molecule has 1 fully saturated rings. The maximum Gasteiger partial charge on any atom is 0.416 e. The van der Waals surface area contributed by atoms with Crippen LogP contribution in [0.5, 0.6) is 0 Å². The number of fused-ring (bicyclic) bond motifs is 1. The maximum atomic E-state index is 12.9. The number of carbonyl (C=O) groups is 2. The molecule has 2 aromatic carbocycles. The van der Waals surface area contributed by atoms with Crippen LogP contribution in [0.25, 0.3) is 11.0 Å². The minimum absolute atomic E-state index is 0.0976. The van der Waals surface area contributed by atoms with Gasteiger partial charge in [-0.2, -0.15) is 13.2 Å². The number of aromatic nitrogens is 2. The van der Waals surface area contributed by atoms with E-state index in [1.165, 1.54) is 17.2 Å². The first-order valence-electron chi connectivity index (χ1n) is 9.47. The Hall–Kier alpha value is -3.69. The van der Waals surface area contributed by atoms with Crippen LogP contribution in [0.2, 0.25) is 0 Å². The molecule has 1 saturated heterocycles. The SMILES string of the molecule is O=C(O)C1CCCN1C(=O)c1ccc(Nc2cnc3ccc(C(F)(F)F)cc3n2)cc1. The molecule has 7 nitrogen and oxygen atoms in total. The van der Waals surface area contributed by atoms with Crippen molar-refractivity contribution in [3.8, 4) is 0 Å². The fraction of sp³-hybridized carbons (Fsp3) is 0.238. The van der Waals surface area contributed by atoms with Crippen molar-refractivity contribution in [1.82, 2.24) is 14.9 Å². The fourth-order valence-electron chi connectivity index (χ4n) is 3.52. The van der Waals surface area contributed by atoms with Crippen molar-refractivity contribution in [3.63, 3.8) is 0 Å². The van der Waals surface area contributed by atoms with Gasteiger partial charge >= 0.3 is 12.1 Å². The molecule has 0 saturated carbocycles. The van der Waals surface area contributed by atoms with Gasteiger partial charge in [-0.15, -0.1) is 0 Å². The van der Waals surface area contributed by atoms with Crippen LogP contribution in [0, 0.1) is 0 Å². The van der Waals surface area contributed by atoms with Crippen LogP contribution in [-0.2, 0) is 11.0 Å². The second-order valence-corrected chi connectivity index (χ2v) is 7.15. The van der Waals surface area contributed by atoms with Gasteiger partial charge in [0.1, 0.15) is 11.9 Å². The first-order chi connectivity index (χ1) is 14.7. The zero-order chi connectivity index (χ0) is 22.2. The summed E-state index contributed by atoms with van der Waals surface area (Å²) >= 11 is 0. The first-order valence-corrected chi connectivity index (χ1v) is 9.47. The molecular weight excluding hydrogens is 413 g/mol. The summed E-state index contributed by atoms with van der Waals surface area (Å²) in [5.74, 6) is -1.13. The second-order valence-electron chi connectivity index (χ2n) is 7.15. The summed E-state index contributed by atoms with van der Waals surface area (Å²) in [6.07, 6.45) is -2.01.